The number of allylic oxidation sites excluding steroid dienone is 5. The molecule has 4 rings (SSSR count). The van der Waals surface area contributed by atoms with Gasteiger partial charge < -0.3 is 25.2 Å². The molecule has 0 saturated carbocycles. The first-order valence-electron chi connectivity index (χ1n) is 14.7. The Morgan fingerprint density at radius 1 is 1.21 bits per heavy atom. The lowest BCUT2D eigenvalue weighted by Crippen LogP contribution is -2.35. The number of aromatic nitrogens is 1. The zero-order valence-corrected chi connectivity index (χ0v) is 26.1. The zero-order valence-electron chi connectivity index (χ0n) is 24.6. The van der Waals surface area contributed by atoms with Crippen LogP contribution in [0.5, 0.6) is 5.88 Å². The lowest BCUT2D eigenvalue weighted by atomic mass is 9.97. The van der Waals surface area contributed by atoms with Crippen LogP contribution in [0.4, 0.5) is 4.79 Å². The second-order valence-electron chi connectivity index (χ2n) is 10.7. The normalized spacial score (nSPS) is 23.7. The van der Waals surface area contributed by atoms with Gasteiger partial charge in [-0.05, 0) is 67.6 Å². The van der Waals surface area contributed by atoms with Gasteiger partial charge in [0.1, 0.15) is 0 Å². The van der Waals surface area contributed by atoms with Crippen LogP contribution in [0.1, 0.15) is 30.5 Å². The molecule has 2 aliphatic heterocycles. The first-order valence-corrected chi connectivity index (χ1v) is 15.5. The minimum absolute atomic E-state index is 0.0996. The van der Waals surface area contributed by atoms with Gasteiger partial charge in [-0.2, -0.15) is 0 Å². The first-order chi connectivity index (χ1) is 20.9. The molecular weight excluding hydrogens is 593 g/mol. The summed E-state index contributed by atoms with van der Waals surface area (Å²) in [6, 6.07) is 4.01. The van der Waals surface area contributed by atoms with Gasteiger partial charge in [-0.15, -0.1) is 11.6 Å². The SMILES string of the molecule is CNC(=O)OCC1CCN(Cc2cc(OC3=C/N=C/NCCN(CCO)CC/N=C\3)nc(C3=CC(Cl)=CC(Cl)C3)c2)CC1. The van der Waals surface area contributed by atoms with Crippen molar-refractivity contribution < 1.29 is 19.4 Å². The van der Waals surface area contributed by atoms with Crippen molar-refractivity contribution in [1.29, 1.82) is 0 Å². The lowest BCUT2D eigenvalue weighted by molar-refractivity contribution is 0.0955. The molecule has 234 valence electrons. The van der Waals surface area contributed by atoms with Gasteiger partial charge in [0, 0.05) is 50.9 Å². The molecule has 1 amide bonds. The van der Waals surface area contributed by atoms with Crippen molar-refractivity contribution >= 4 is 47.4 Å². The number of likely N-dealkylation sites (tertiary alicyclic amines) is 1. The van der Waals surface area contributed by atoms with Crippen LogP contribution < -0.4 is 15.4 Å². The number of β-amino-alcohol motifs (C(OH)–C–C–N with tert-alkyl or cyclic N) is 1. The van der Waals surface area contributed by atoms with Gasteiger partial charge in [-0.1, -0.05) is 11.6 Å². The van der Waals surface area contributed by atoms with Crippen molar-refractivity contribution in [2.24, 2.45) is 15.9 Å². The number of ether oxygens (including phenoxy) is 2. The number of alkyl halides is 1. The van der Waals surface area contributed by atoms with E-state index in [2.05, 4.69) is 36.5 Å². The van der Waals surface area contributed by atoms with Gasteiger partial charge in [-0.3, -0.25) is 14.8 Å². The highest BCUT2D eigenvalue weighted by Gasteiger charge is 2.22. The maximum atomic E-state index is 11.5. The standard InChI is InChI=1S/C30H41Cl2N7O4/c1-33-30(41)42-20-22-2-6-39(7-3-22)19-23-12-28(24-14-25(31)16-26(32)15-24)37-29(13-23)43-27-17-34-4-8-38(10-11-40)9-5-35-21-36-18-27/h12-14,16-18,21-22,26,40H,2-11,15,19-20H2,1H3,(H,33,41)(H,35,36)/b27-18+,34-17-. The number of nitrogens with zero attached hydrogens (tertiary/aromatic N) is 5. The number of nitrogens with one attached hydrogen (secondary N) is 2. The van der Waals surface area contributed by atoms with E-state index in [1.54, 1.807) is 25.8 Å². The minimum atomic E-state index is -0.391. The third-order valence-corrected chi connectivity index (χ3v) is 7.88. The second-order valence-corrected chi connectivity index (χ2v) is 11.7. The summed E-state index contributed by atoms with van der Waals surface area (Å²) < 4.78 is 11.5. The minimum Gasteiger partial charge on any atom is -0.449 e. The number of hydrogen-bond donors (Lipinski definition) is 3. The molecule has 13 heteroatoms. The molecule has 11 nitrogen and oxygen atoms in total. The Bertz CT molecular complexity index is 1230. The highest BCUT2D eigenvalue weighted by atomic mass is 35.5. The number of alkyl carbamates (subject to hydrolysis) is 1. The Labute approximate surface area is 263 Å². The number of halogens is 2. The van der Waals surface area contributed by atoms with E-state index in [-0.39, 0.29) is 12.0 Å². The number of pyridine rings is 1. The number of carbonyl (C=O) groups excluding carboxylic acids is 1. The average Bonchev–Trinajstić information content (AvgIpc) is 2.98. The monoisotopic (exact) mass is 633 g/mol. The van der Waals surface area contributed by atoms with Gasteiger partial charge in [0.2, 0.25) is 5.88 Å². The first kappa shape index (κ1) is 32.9. The van der Waals surface area contributed by atoms with Crippen molar-refractivity contribution in [1.82, 2.24) is 25.4 Å². The maximum Gasteiger partial charge on any atom is 0.406 e. The smallest absolute Gasteiger partial charge is 0.406 e. The molecule has 3 N–H and O–H groups in total. The summed E-state index contributed by atoms with van der Waals surface area (Å²) in [6.07, 6.45) is 10.7. The molecule has 0 spiro atoms. The third-order valence-electron chi connectivity index (χ3n) is 7.37. The lowest BCUT2D eigenvalue weighted by Gasteiger charge is -2.31. The number of rotatable bonds is 9. The quantitative estimate of drug-likeness (QED) is 0.354. The predicted octanol–water partition coefficient (Wildman–Crippen LogP) is 3.38. The van der Waals surface area contributed by atoms with Crippen molar-refractivity contribution in [3.8, 4) is 5.88 Å². The van der Waals surface area contributed by atoms with E-state index in [1.807, 2.05) is 18.2 Å². The second kappa shape index (κ2) is 17.4. The van der Waals surface area contributed by atoms with E-state index in [1.165, 1.54) is 0 Å². The molecule has 3 heterocycles. The summed E-state index contributed by atoms with van der Waals surface area (Å²) >= 11 is 12.8. The van der Waals surface area contributed by atoms with Crippen molar-refractivity contribution in [3.05, 3.63) is 52.5 Å². The summed E-state index contributed by atoms with van der Waals surface area (Å²) in [6.45, 7) is 6.39. The largest absolute Gasteiger partial charge is 0.449 e. The Morgan fingerprint density at radius 3 is 2.81 bits per heavy atom. The van der Waals surface area contributed by atoms with E-state index in [0.717, 1.165) is 55.9 Å². The van der Waals surface area contributed by atoms with E-state index < -0.39 is 6.09 Å². The van der Waals surface area contributed by atoms with Crippen LogP contribution in [0.2, 0.25) is 0 Å². The van der Waals surface area contributed by atoms with E-state index in [9.17, 15) is 9.90 Å². The molecule has 1 unspecified atom stereocenters. The summed E-state index contributed by atoms with van der Waals surface area (Å²) in [7, 11) is 1.57. The molecule has 1 fully saturated rings. The predicted molar refractivity (Wildman–Crippen MR) is 171 cm³/mol. The molecule has 1 aromatic heterocycles. The van der Waals surface area contributed by atoms with Crippen LogP contribution in [0, 0.1) is 5.92 Å². The number of aliphatic imine (C=N–C) groups is 2. The number of amides is 1. The fourth-order valence-corrected chi connectivity index (χ4v) is 5.73. The Hall–Kier alpha value is -2.96. The summed E-state index contributed by atoms with van der Waals surface area (Å²) in [5, 5.41) is 15.4. The van der Waals surface area contributed by atoms with Gasteiger partial charge in [0.05, 0.1) is 49.6 Å². The third kappa shape index (κ3) is 11.2. The summed E-state index contributed by atoms with van der Waals surface area (Å²) in [4.78, 5) is 29.7. The van der Waals surface area contributed by atoms with Crippen LogP contribution in [-0.4, -0.2) is 110 Å². The molecule has 1 aromatic rings. The van der Waals surface area contributed by atoms with E-state index in [4.69, 9.17) is 37.7 Å². The number of hydrogen-bond acceptors (Lipinski definition) is 10. The highest BCUT2D eigenvalue weighted by Crippen LogP contribution is 2.32. The number of aliphatic hydroxyl groups excluding tert-OH is 1. The van der Waals surface area contributed by atoms with Gasteiger partial charge >= 0.3 is 6.09 Å². The van der Waals surface area contributed by atoms with Crippen molar-refractivity contribution in [3.63, 3.8) is 0 Å². The van der Waals surface area contributed by atoms with Crippen LogP contribution in [0.15, 0.2) is 51.3 Å². The molecular formula is C30H41Cl2N7O4. The zero-order chi connectivity index (χ0) is 30.4. The van der Waals surface area contributed by atoms with Gasteiger partial charge in [0.15, 0.2) is 5.76 Å². The number of aliphatic hydroxyl groups is 1. The topological polar surface area (TPSA) is 124 Å². The number of piperidine rings is 1. The molecule has 1 saturated heterocycles. The average molecular weight is 635 g/mol. The summed E-state index contributed by atoms with van der Waals surface area (Å²) in [5.41, 5.74) is 2.75. The fraction of sp³-hybridized carbons (Fsp3) is 0.533. The number of carbonyl (C=O) groups is 1. The molecule has 3 aliphatic rings. The van der Waals surface area contributed by atoms with Crippen molar-refractivity contribution in [2.75, 3.05) is 66.1 Å². The van der Waals surface area contributed by atoms with E-state index >= 15 is 0 Å². The highest BCUT2D eigenvalue weighted by molar-refractivity contribution is 6.33. The molecule has 43 heavy (non-hydrogen) atoms. The maximum absolute atomic E-state index is 11.5. The fourth-order valence-electron chi connectivity index (χ4n) is 5.08. The van der Waals surface area contributed by atoms with E-state index in [0.29, 0.717) is 61.8 Å². The van der Waals surface area contributed by atoms with Crippen LogP contribution in [-0.2, 0) is 11.3 Å². The van der Waals surface area contributed by atoms with Gasteiger partial charge in [-0.25, -0.2) is 14.8 Å². The van der Waals surface area contributed by atoms with Crippen molar-refractivity contribution in [2.45, 2.75) is 31.2 Å². The molecule has 1 atom stereocenters. The van der Waals surface area contributed by atoms with Crippen LogP contribution >= 0.6 is 23.2 Å². The molecule has 0 bridgehead atoms. The molecule has 0 aromatic carbocycles. The Balaban J connectivity index is 1.51. The van der Waals surface area contributed by atoms with Crippen LogP contribution in [0.25, 0.3) is 5.57 Å². The van der Waals surface area contributed by atoms with Crippen LogP contribution in [0.3, 0.4) is 0 Å². The molecule has 0 radical (unpaired) electrons. The Kier molecular flexibility index (Phi) is 13.3. The summed E-state index contributed by atoms with van der Waals surface area (Å²) in [5.74, 6) is 1.22. The molecule has 1 aliphatic carbocycles. The Morgan fingerprint density at radius 2 is 2.05 bits per heavy atom. The van der Waals surface area contributed by atoms with Gasteiger partial charge in [0.25, 0.3) is 0 Å².